The summed E-state index contributed by atoms with van der Waals surface area (Å²) in [6.07, 6.45) is 1.43. The summed E-state index contributed by atoms with van der Waals surface area (Å²) in [6, 6.07) is 10.8. The van der Waals surface area contributed by atoms with Gasteiger partial charge in [0.25, 0.3) is 0 Å². The first kappa shape index (κ1) is 11.5. The summed E-state index contributed by atoms with van der Waals surface area (Å²) in [5, 5.41) is 3.14. The molecule has 0 atom stereocenters. The Morgan fingerprint density at radius 3 is 2.88 bits per heavy atom. The van der Waals surface area contributed by atoms with Gasteiger partial charge in [-0.3, -0.25) is 0 Å². The van der Waals surface area contributed by atoms with Gasteiger partial charge < -0.3 is 10.1 Å². The van der Waals surface area contributed by atoms with E-state index in [1.165, 1.54) is 12.3 Å². The summed E-state index contributed by atoms with van der Waals surface area (Å²) < 4.78 is 18.0. The molecular formula is C13H13FN2O. The third-order valence-corrected chi connectivity index (χ3v) is 2.32. The van der Waals surface area contributed by atoms with Crippen LogP contribution in [0.3, 0.4) is 0 Å². The summed E-state index contributed by atoms with van der Waals surface area (Å²) in [6.45, 7) is 0.511. The highest BCUT2D eigenvalue weighted by molar-refractivity contribution is 5.62. The Morgan fingerprint density at radius 2 is 2.12 bits per heavy atom. The van der Waals surface area contributed by atoms with E-state index < -0.39 is 5.95 Å². The van der Waals surface area contributed by atoms with Crippen molar-refractivity contribution in [3.8, 4) is 0 Å². The summed E-state index contributed by atoms with van der Waals surface area (Å²) >= 11 is 0. The van der Waals surface area contributed by atoms with Crippen molar-refractivity contribution in [3.05, 3.63) is 54.1 Å². The molecule has 0 saturated heterocycles. The Bertz CT molecular complexity index is 502. The van der Waals surface area contributed by atoms with E-state index in [2.05, 4.69) is 10.3 Å². The molecule has 0 amide bonds. The lowest BCUT2D eigenvalue weighted by Gasteiger charge is -2.11. The van der Waals surface area contributed by atoms with Crippen LogP contribution in [0.2, 0.25) is 0 Å². The second-order valence-electron chi connectivity index (χ2n) is 3.58. The fourth-order valence-corrected chi connectivity index (χ4v) is 1.56. The first-order chi connectivity index (χ1) is 8.29. The van der Waals surface area contributed by atoms with Crippen molar-refractivity contribution in [1.29, 1.82) is 0 Å². The summed E-state index contributed by atoms with van der Waals surface area (Å²) in [7, 11) is 1.64. The van der Waals surface area contributed by atoms with Gasteiger partial charge in [0.05, 0.1) is 6.61 Å². The van der Waals surface area contributed by atoms with Crippen molar-refractivity contribution in [1.82, 2.24) is 4.98 Å². The first-order valence-corrected chi connectivity index (χ1v) is 5.25. The maximum absolute atomic E-state index is 12.9. The molecule has 0 spiro atoms. The van der Waals surface area contributed by atoms with E-state index in [0.717, 1.165) is 11.3 Å². The maximum Gasteiger partial charge on any atom is 0.214 e. The van der Waals surface area contributed by atoms with E-state index in [0.29, 0.717) is 12.3 Å². The molecule has 0 aliphatic carbocycles. The van der Waals surface area contributed by atoms with Crippen LogP contribution in [-0.2, 0) is 11.3 Å². The smallest absolute Gasteiger partial charge is 0.214 e. The summed E-state index contributed by atoms with van der Waals surface area (Å²) in [5.74, 6) is -0.501. The van der Waals surface area contributed by atoms with Gasteiger partial charge in [-0.25, -0.2) is 4.98 Å². The van der Waals surface area contributed by atoms with Crippen LogP contribution < -0.4 is 5.32 Å². The van der Waals surface area contributed by atoms with Crippen LogP contribution in [0.5, 0.6) is 0 Å². The molecule has 88 valence electrons. The SMILES string of the molecule is COCc1ccccc1Nc1ccnc(F)c1. The molecular weight excluding hydrogens is 219 g/mol. The predicted octanol–water partition coefficient (Wildman–Crippen LogP) is 3.11. The zero-order valence-electron chi connectivity index (χ0n) is 9.48. The average Bonchev–Trinajstić information content (AvgIpc) is 2.32. The Morgan fingerprint density at radius 1 is 1.29 bits per heavy atom. The van der Waals surface area contributed by atoms with Gasteiger partial charge in [-0.05, 0) is 12.1 Å². The molecule has 0 fully saturated rings. The van der Waals surface area contributed by atoms with Crippen LogP contribution in [-0.4, -0.2) is 12.1 Å². The molecule has 0 aliphatic rings. The van der Waals surface area contributed by atoms with E-state index in [-0.39, 0.29) is 0 Å². The van der Waals surface area contributed by atoms with Crippen LogP contribution in [0.1, 0.15) is 5.56 Å². The third-order valence-electron chi connectivity index (χ3n) is 2.32. The minimum atomic E-state index is -0.501. The second-order valence-corrected chi connectivity index (χ2v) is 3.58. The van der Waals surface area contributed by atoms with Crippen LogP contribution in [0, 0.1) is 5.95 Å². The topological polar surface area (TPSA) is 34.1 Å². The largest absolute Gasteiger partial charge is 0.380 e. The standard InChI is InChI=1S/C13H13FN2O/c1-17-9-10-4-2-3-5-12(10)16-11-6-7-15-13(14)8-11/h2-8H,9H2,1H3,(H,15,16). The molecule has 1 N–H and O–H groups in total. The molecule has 2 aromatic rings. The number of nitrogens with zero attached hydrogens (tertiary/aromatic N) is 1. The molecule has 1 heterocycles. The van der Waals surface area contributed by atoms with Gasteiger partial charge >= 0.3 is 0 Å². The minimum Gasteiger partial charge on any atom is -0.380 e. The van der Waals surface area contributed by atoms with Crippen LogP contribution in [0.4, 0.5) is 15.8 Å². The van der Waals surface area contributed by atoms with Crippen LogP contribution >= 0.6 is 0 Å². The highest BCUT2D eigenvalue weighted by Crippen LogP contribution is 2.21. The van der Waals surface area contributed by atoms with Gasteiger partial charge in [-0.2, -0.15) is 4.39 Å². The summed E-state index contributed by atoms with van der Waals surface area (Å²) in [5.41, 5.74) is 2.59. The minimum absolute atomic E-state index is 0.501. The number of methoxy groups -OCH3 is 1. The van der Waals surface area contributed by atoms with Gasteiger partial charge in [0.15, 0.2) is 0 Å². The number of anilines is 2. The number of benzene rings is 1. The van der Waals surface area contributed by atoms with Crippen molar-refractivity contribution in [2.45, 2.75) is 6.61 Å². The van der Waals surface area contributed by atoms with E-state index >= 15 is 0 Å². The third kappa shape index (κ3) is 3.01. The molecule has 2 rings (SSSR count). The fourth-order valence-electron chi connectivity index (χ4n) is 1.56. The number of halogens is 1. The van der Waals surface area contributed by atoms with Crippen molar-refractivity contribution in [3.63, 3.8) is 0 Å². The molecule has 0 radical (unpaired) electrons. The molecule has 3 nitrogen and oxygen atoms in total. The lowest BCUT2D eigenvalue weighted by molar-refractivity contribution is 0.185. The van der Waals surface area contributed by atoms with Crippen molar-refractivity contribution >= 4 is 11.4 Å². The van der Waals surface area contributed by atoms with Crippen molar-refractivity contribution < 1.29 is 9.13 Å². The quantitative estimate of drug-likeness (QED) is 0.822. The number of aromatic nitrogens is 1. The number of rotatable bonds is 4. The van der Waals surface area contributed by atoms with E-state index in [1.807, 2.05) is 24.3 Å². The number of nitrogens with one attached hydrogen (secondary N) is 1. The van der Waals surface area contributed by atoms with Gasteiger partial charge in [-0.15, -0.1) is 0 Å². The summed E-state index contributed by atoms with van der Waals surface area (Å²) in [4.78, 5) is 3.51. The number of ether oxygens (including phenoxy) is 1. The Labute approximate surface area is 99.3 Å². The van der Waals surface area contributed by atoms with Gasteiger partial charge in [0.2, 0.25) is 5.95 Å². The maximum atomic E-state index is 12.9. The molecule has 0 aliphatic heterocycles. The molecule has 0 saturated carbocycles. The number of pyridine rings is 1. The van der Waals surface area contributed by atoms with E-state index in [9.17, 15) is 4.39 Å². The molecule has 17 heavy (non-hydrogen) atoms. The molecule has 0 bridgehead atoms. The predicted molar refractivity (Wildman–Crippen MR) is 64.6 cm³/mol. The van der Waals surface area contributed by atoms with Crippen molar-refractivity contribution in [2.24, 2.45) is 0 Å². The second kappa shape index (κ2) is 5.41. The molecule has 1 aromatic carbocycles. The Kier molecular flexibility index (Phi) is 3.67. The average molecular weight is 232 g/mol. The number of para-hydroxylation sites is 1. The van der Waals surface area contributed by atoms with Gasteiger partial charge in [0.1, 0.15) is 0 Å². The van der Waals surface area contributed by atoms with Gasteiger partial charge in [-0.1, -0.05) is 18.2 Å². The Balaban J connectivity index is 2.23. The molecule has 4 heteroatoms. The Hall–Kier alpha value is -1.94. The van der Waals surface area contributed by atoms with E-state index in [4.69, 9.17) is 4.74 Å². The van der Waals surface area contributed by atoms with Gasteiger partial charge in [0, 0.05) is 36.3 Å². The first-order valence-electron chi connectivity index (χ1n) is 5.25. The highest BCUT2D eigenvalue weighted by atomic mass is 19.1. The number of hydrogen-bond acceptors (Lipinski definition) is 3. The fraction of sp³-hybridized carbons (Fsp3) is 0.154. The normalized spacial score (nSPS) is 10.2. The highest BCUT2D eigenvalue weighted by Gasteiger charge is 2.02. The monoisotopic (exact) mass is 232 g/mol. The zero-order chi connectivity index (χ0) is 12.1. The lowest BCUT2D eigenvalue weighted by Crippen LogP contribution is -1.97. The van der Waals surface area contributed by atoms with Crippen LogP contribution in [0.25, 0.3) is 0 Å². The van der Waals surface area contributed by atoms with E-state index in [1.54, 1.807) is 13.2 Å². The molecule has 0 unspecified atom stereocenters. The lowest BCUT2D eigenvalue weighted by atomic mass is 10.2. The molecule has 1 aromatic heterocycles. The van der Waals surface area contributed by atoms with Crippen LogP contribution in [0.15, 0.2) is 42.6 Å². The number of hydrogen-bond donors (Lipinski definition) is 1. The zero-order valence-corrected chi connectivity index (χ0v) is 9.48. The van der Waals surface area contributed by atoms with Crippen molar-refractivity contribution in [2.75, 3.05) is 12.4 Å².